The van der Waals surface area contributed by atoms with Crippen LogP contribution in [-0.2, 0) is 0 Å². The zero-order chi connectivity index (χ0) is 21.8. The van der Waals surface area contributed by atoms with Gasteiger partial charge >= 0.3 is 0 Å². The first kappa shape index (κ1) is 21.0. The van der Waals surface area contributed by atoms with E-state index in [9.17, 15) is 14.9 Å². The van der Waals surface area contributed by atoms with Gasteiger partial charge in [-0.2, -0.15) is 9.78 Å². The molecule has 8 nitrogen and oxygen atoms in total. The smallest absolute Gasteiger partial charge is 0.292 e. The molecule has 0 spiro atoms. The number of aromatic nitrogens is 2. The molecule has 0 aliphatic carbocycles. The van der Waals surface area contributed by atoms with Gasteiger partial charge in [0, 0.05) is 18.7 Å². The van der Waals surface area contributed by atoms with E-state index in [0.29, 0.717) is 11.4 Å². The lowest BCUT2D eigenvalue weighted by Crippen LogP contribution is -2.30. The number of nitro benzene ring substituents is 1. The third-order valence-electron chi connectivity index (χ3n) is 5.40. The minimum atomic E-state index is -0.496. The average molecular weight is 440 g/mol. The van der Waals surface area contributed by atoms with Gasteiger partial charge in [-0.05, 0) is 43.6 Å². The molecule has 9 heteroatoms. The summed E-state index contributed by atoms with van der Waals surface area (Å²) in [6.07, 6.45) is 3.90. The lowest BCUT2D eigenvalue weighted by atomic mass is 10.1. The summed E-state index contributed by atoms with van der Waals surface area (Å²) in [7, 11) is 0. The molecule has 1 aliphatic rings. The second-order valence-electron chi connectivity index (χ2n) is 7.48. The number of non-ortho nitro benzene ring substituents is 1. The number of hydrogen-bond acceptors (Lipinski definition) is 6. The Kier molecular flexibility index (Phi) is 6.29. The van der Waals surface area contributed by atoms with Crippen LogP contribution in [0.25, 0.3) is 5.69 Å². The summed E-state index contributed by atoms with van der Waals surface area (Å²) in [5, 5.41) is 18.5. The topological polar surface area (TPSA) is 93.3 Å². The fraction of sp³-hybridized carbons (Fsp3) is 0.273. The fourth-order valence-electron chi connectivity index (χ4n) is 3.76. The number of rotatable bonds is 7. The van der Waals surface area contributed by atoms with Crippen LogP contribution in [-0.4, -0.2) is 39.2 Å². The zero-order valence-corrected chi connectivity index (χ0v) is 17.5. The Bertz CT molecular complexity index is 1110. The highest BCUT2D eigenvalue weighted by Gasteiger charge is 2.21. The van der Waals surface area contributed by atoms with Gasteiger partial charge < -0.3 is 10.2 Å². The highest BCUT2D eigenvalue weighted by Crippen LogP contribution is 2.26. The van der Waals surface area contributed by atoms with E-state index in [0.717, 1.165) is 29.9 Å². The number of anilines is 1. The van der Waals surface area contributed by atoms with Crippen LogP contribution in [0.5, 0.6) is 0 Å². The van der Waals surface area contributed by atoms with Gasteiger partial charge in [0.25, 0.3) is 11.2 Å². The minimum absolute atomic E-state index is 0.0238. The van der Waals surface area contributed by atoms with Crippen LogP contribution in [0, 0.1) is 10.1 Å². The Morgan fingerprint density at radius 3 is 2.42 bits per heavy atom. The van der Waals surface area contributed by atoms with Gasteiger partial charge in [-0.25, -0.2) is 0 Å². The molecule has 160 valence electrons. The molecule has 2 aromatic carbocycles. The molecule has 2 heterocycles. The van der Waals surface area contributed by atoms with Gasteiger partial charge in [-0.15, -0.1) is 0 Å². The third kappa shape index (κ3) is 4.76. The molecular weight excluding hydrogens is 418 g/mol. The first-order valence-corrected chi connectivity index (χ1v) is 10.5. The van der Waals surface area contributed by atoms with Crippen molar-refractivity contribution in [2.45, 2.75) is 18.9 Å². The van der Waals surface area contributed by atoms with Gasteiger partial charge in [-0.3, -0.25) is 14.9 Å². The van der Waals surface area contributed by atoms with E-state index in [1.165, 1.54) is 43.3 Å². The minimum Gasteiger partial charge on any atom is -0.374 e. The van der Waals surface area contributed by atoms with Crippen LogP contribution < -0.4 is 10.9 Å². The van der Waals surface area contributed by atoms with Crippen molar-refractivity contribution in [3.05, 3.63) is 91.8 Å². The summed E-state index contributed by atoms with van der Waals surface area (Å²) in [6.45, 7) is 2.91. The van der Waals surface area contributed by atoms with Crippen molar-refractivity contribution in [3.63, 3.8) is 0 Å². The molecule has 1 unspecified atom stereocenters. The van der Waals surface area contributed by atoms with Gasteiger partial charge in [-0.1, -0.05) is 41.9 Å². The molecule has 3 aromatic rings. The number of likely N-dealkylation sites (tertiary alicyclic amines) is 1. The molecule has 1 fully saturated rings. The largest absolute Gasteiger partial charge is 0.374 e. The first-order chi connectivity index (χ1) is 15.0. The summed E-state index contributed by atoms with van der Waals surface area (Å²) in [5.41, 5.74) is 1.41. The number of hydrogen-bond donors (Lipinski definition) is 1. The van der Waals surface area contributed by atoms with Crippen LogP contribution >= 0.6 is 11.6 Å². The highest BCUT2D eigenvalue weighted by atomic mass is 35.5. The van der Waals surface area contributed by atoms with Crippen molar-refractivity contribution in [2.75, 3.05) is 25.0 Å². The Labute approximate surface area is 184 Å². The van der Waals surface area contributed by atoms with Crippen molar-refractivity contribution >= 4 is 23.0 Å². The number of nitro groups is 1. The van der Waals surface area contributed by atoms with Crippen LogP contribution in [0.2, 0.25) is 5.02 Å². The first-order valence-electron chi connectivity index (χ1n) is 10.1. The fourth-order valence-corrected chi connectivity index (χ4v) is 3.95. The maximum atomic E-state index is 12.9. The van der Waals surface area contributed by atoms with E-state index in [4.69, 9.17) is 11.6 Å². The van der Waals surface area contributed by atoms with E-state index in [1.807, 2.05) is 30.3 Å². The highest BCUT2D eigenvalue weighted by molar-refractivity contribution is 6.33. The molecule has 1 aromatic heterocycles. The second kappa shape index (κ2) is 9.28. The molecule has 4 rings (SSSR count). The predicted molar refractivity (Wildman–Crippen MR) is 120 cm³/mol. The quantitative estimate of drug-likeness (QED) is 0.441. The van der Waals surface area contributed by atoms with E-state index in [-0.39, 0.29) is 16.8 Å². The molecule has 31 heavy (non-hydrogen) atoms. The third-order valence-corrected chi connectivity index (χ3v) is 5.76. The van der Waals surface area contributed by atoms with Crippen molar-refractivity contribution in [1.82, 2.24) is 14.7 Å². The van der Waals surface area contributed by atoms with Gasteiger partial charge in [0.15, 0.2) is 0 Å². The standard InChI is InChI=1S/C22H22ClN5O3/c23-21-19(14-24-27(22(21)29)17-8-10-18(11-9-17)28(30)31)25-20(15-26-12-4-5-13-26)16-6-2-1-3-7-16/h1-3,6-11,14,20,25H,4-5,12-13,15H2. The van der Waals surface area contributed by atoms with Gasteiger partial charge in [0.05, 0.1) is 28.5 Å². The zero-order valence-electron chi connectivity index (χ0n) is 16.8. The Hall–Kier alpha value is -3.23. The maximum absolute atomic E-state index is 12.9. The molecule has 1 saturated heterocycles. The summed E-state index contributed by atoms with van der Waals surface area (Å²) in [5.74, 6) is 0. The summed E-state index contributed by atoms with van der Waals surface area (Å²) in [4.78, 5) is 25.6. The molecule has 1 N–H and O–H groups in total. The van der Waals surface area contributed by atoms with Crippen LogP contribution in [0.15, 0.2) is 65.6 Å². The molecule has 0 amide bonds. The second-order valence-corrected chi connectivity index (χ2v) is 7.86. The Balaban J connectivity index is 1.61. The van der Waals surface area contributed by atoms with Crippen LogP contribution in [0.1, 0.15) is 24.4 Å². The van der Waals surface area contributed by atoms with Gasteiger partial charge in [0.2, 0.25) is 0 Å². The number of halogens is 1. The van der Waals surface area contributed by atoms with E-state index >= 15 is 0 Å². The maximum Gasteiger partial charge on any atom is 0.292 e. The molecule has 0 radical (unpaired) electrons. The average Bonchev–Trinajstić information content (AvgIpc) is 3.30. The van der Waals surface area contributed by atoms with Crippen molar-refractivity contribution < 1.29 is 4.92 Å². The van der Waals surface area contributed by atoms with E-state index in [1.54, 1.807) is 0 Å². The molecule has 1 atom stereocenters. The van der Waals surface area contributed by atoms with E-state index < -0.39 is 10.5 Å². The number of benzene rings is 2. The summed E-state index contributed by atoms with van der Waals surface area (Å²) < 4.78 is 1.13. The Morgan fingerprint density at radius 2 is 1.77 bits per heavy atom. The summed E-state index contributed by atoms with van der Waals surface area (Å²) in [6, 6.07) is 15.6. The predicted octanol–water partition coefficient (Wildman–Crippen LogP) is 4.04. The lowest BCUT2D eigenvalue weighted by molar-refractivity contribution is -0.384. The monoisotopic (exact) mass is 439 g/mol. The van der Waals surface area contributed by atoms with E-state index in [2.05, 4.69) is 15.3 Å². The summed E-state index contributed by atoms with van der Waals surface area (Å²) >= 11 is 6.42. The molecule has 1 aliphatic heterocycles. The van der Waals surface area contributed by atoms with Crippen LogP contribution in [0.3, 0.4) is 0 Å². The van der Waals surface area contributed by atoms with Crippen molar-refractivity contribution in [1.29, 1.82) is 0 Å². The normalized spacial score (nSPS) is 15.0. The number of nitrogens with one attached hydrogen (secondary N) is 1. The Morgan fingerprint density at radius 1 is 1.10 bits per heavy atom. The van der Waals surface area contributed by atoms with Gasteiger partial charge in [0.1, 0.15) is 5.02 Å². The van der Waals surface area contributed by atoms with Crippen molar-refractivity contribution in [2.24, 2.45) is 0 Å². The van der Waals surface area contributed by atoms with Crippen LogP contribution in [0.4, 0.5) is 11.4 Å². The number of nitrogens with zero attached hydrogens (tertiary/aromatic N) is 4. The molecule has 0 bridgehead atoms. The van der Waals surface area contributed by atoms with Crippen molar-refractivity contribution in [3.8, 4) is 5.69 Å². The lowest BCUT2D eigenvalue weighted by Gasteiger charge is -2.26. The molecular formula is C22H22ClN5O3. The molecule has 0 saturated carbocycles. The SMILES string of the molecule is O=c1c(Cl)c(NC(CN2CCCC2)c2ccccc2)cnn1-c1ccc([N+](=O)[O-])cc1.